The van der Waals surface area contributed by atoms with E-state index in [1.165, 1.54) is 12.1 Å². The highest BCUT2D eigenvalue weighted by Crippen LogP contribution is 2.39. The molecule has 0 fully saturated rings. The van der Waals surface area contributed by atoms with Crippen LogP contribution in [0, 0.1) is 33.5 Å². The van der Waals surface area contributed by atoms with E-state index >= 15 is 0 Å². The van der Waals surface area contributed by atoms with Crippen molar-refractivity contribution in [3.8, 4) is 17.0 Å². The fraction of sp³-hybridized carbons (Fsp3) is 0.286. The van der Waals surface area contributed by atoms with Crippen LogP contribution in [0.3, 0.4) is 0 Å². The number of nitrogens with zero attached hydrogens (tertiary/aromatic N) is 4. The molecule has 2 aromatic carbocycles. The molecule has 0 spiro atoms. The summed E-state index contributed by atoms with van der Waals surface area (Å²) in [4.78, 5) is 21.7. The van der Waals surface area contributed by atoms with Crippen molar-refractivity contribution < 1.29 is 13.9 Å². The minimum Gasteiger partial charge on any atom is -0.487 e. The summed E-state index contributed by atoms with van der Waals surface area (Å²) in [5.74, 6) is 0.0754. The lowest BCUT2D eigenvalue weighted by Gasteiger charge is -2.14. The zero-order valence-corrected chi connectivity index (χ0v) is 20.8. The van der Waals surface area contributed by atoms with E-state index in [0.29, 0.717) is 47.8 Å². The van der Waals surface area contributed by atoms with E-state index in [2.05, 4.69) is 20.4 Å². The van der Waals surface area contributed by atoms with Gasteiger partial charge in [-0.1, -0.05) is 12.1 Å². The lowest BCUT2D eigenvalue weighted by atomic mass is 10.0. The van der Waals surface area contributed by atoms with Gasteiger partial charge in [-0.2, -0.15) is 5.10 Å². The molecule has 8 heteroatoms. The number of fused-ring (bicyclic) bond motifs is 1. The summed E-state index contributed by atoms with van der Waals surface area (Å²) in [6.07, 6.45) is 1.89. The summed E-state index contributed by atoms with van der Waals surface area (Å²) in [5.41, 5.74) is 7.13. The van der Waals surface area contributed by atoms with E-state index in [1.807, 2.05) is 62.7 Å². The zero-order valence-electron chi connectivity index (χ0n) is 20.8. The first-order valence-electron chi connectivity index (χ1n) is 11.9. The van der Waals surface area contributed by atoms with Gasteiger partial charge in [0.15, 0.2) is 0 Å². The Morgan fingerprint density at radius 1 is 1.11 bits per heavy atom. The van der Waals surface area contributed by atoms with Gasteiger partial charge in [-0.25, -0.2) is 9.37 Å². The van der Waals surface area contributed by atoms with E-state index in [-0.39, 0.29) is 17.8 Å². The largest absolute Gasteiger partial charge is 0.487 e. The Labute approximate surface area is 209 Å². The van der Waals surface area contributed by atoms with Gasteiger partial charge in [-0.15, -0.1) is 0 Å². The van der Waals surface area contributed by atoms with Crippen molar-refractivity contribution in [3.05, 3.63) is 93.9 Å². The fourth-order valence-corrected chi connectivity index (χ4v) is 4.55. The molecule has 7 nitrogen and oxygen atoms in total. The molecule has 1 N–H and O–H groups in total. The smallest absolute Gasteiger partial charge is 0.251 e. The van der Waals surface area contributed by atoms with Crippen LogP contribution < -0.4 is 10.1 Å². The van der Waals surface area contributed by atoms with Crippen LogP contribution in [-0.4, -0.2) is 38.3 Å². The highest BCUT2D eigenvalue weighted by atomic mass is 19.1. The average molecular weight is 486 g/mol. The first-order valence-corrected chi connectivity index (χ1v) is 11.9. The van der Waals surface area contributed by atoms with Crippen LogP contribution in [0.2, 0.25) is 0 Å². The van der Waals surface area contributed by atoms with Gasteiger partial charge in [0.05, 0.1) is 35.9 Å². The van der Waals surface area contributed by atoms with Gasteiger partial charge < -0.3 is 10.1 Å². The van der Waals surface area contributed by atoms with E-state index < -0.39 is 0 Å². The number of ether oxygens (including phenoxy) is 1. The van der Waals surface area contributed by atoms with Crippen molar-refractivity contribution in [1.29, 1.82) is 0 Å². The van der Waals surface area contributed by atoms with Crippen LogP contribution >= 0.6 is 0 Å². The molecule has 0 saturated carbocycles. The predicted octanol–water partition coefficient (Wildman–Crippen LogP) is 4.49. The zero-order chi connectivity index (χ0) is 25.4. The summed E-state index contributed by atoms with van der Waals surface area (Å²) >= 11 is 0. The third-order valence-electron chi connectivity index (χ3n) is 6.34. The molecule has 1 atom stereocenters. The van der Waals surface area contributed by atoms with Crippen molar-refractivity contribution in [2.24, 2.45) is 0 Å². The van der Waals surface area contributed by atoms with Crippen LogP contribution in [0.15, 0.2) is 48.7 Å². The molecular weight excluding hydrogens is 457 g/mol. The van der Waals surface area contributed by atoms with Crippen molar-refractivity contribution in [2.45, 2.75) is 46.8 Å². The Hall–Kier alpha value is -4.07. The van der Waals surface area contributed by atoms with E-state index in [1.54, 1.807) is 6.20 Å². The summed E-state index contributed by atoms with van der Waals surface area (Å²) in [7, 11) is 0. The van der Waals surface area contributed by atoms with Gasteiger partial charge in [0.2, 0.25) is 0 Å². The number of aromatic nitrogens is 4. The molecule has 0 aliphatic carbocycles. The SMILES string of the molecule is Cc1cnc(C)c(-c2cc(F)cc3c2O[C@H](CNC(=O)c2ccc(Cn4nc(C)cc4C)cc2)C3)n1. The fourth-order valence-electron chi connectivity index (χ4n) is 4.55. The van der Waals surface area contributed by atoms with E-state index in [9.17, 15) is 9.18 Å². The predicted molar refractivity (Wildman–Crippen MR) is 135 cm³/mol. The molecular formula is C28H28FN5O2. The molecule has 36 heavy (non-hydrogen) atoms. The first-order chi connectivity index (χ1) is 17.3. The molecule has 2 aromatic heterocycles. The van der Waals surface area contributed by atoms with Gasteiger partial charge in [0, 0.05) is 35.0 Å². The van der Waals surface area contributed by atoms with Crippen LogP contribution in [0.25, 0.3) is 11.3 Å². The monoisotopic (exact) mass is 485 g/mol. The van der Waals surface area contributed by atoms with E-state index in [0.717, 1.165) is 28.2 Å². The first kappa shape index (κ1) is 23.7. The van der Waals surface area contributed by atoms with Crippen LogP contribution in [-0.2, 0) is 13.0 Å². The van der Waals surface area contributed by atoms with Crippen molar-refractivity contribution in [3.63, 3.8) is 0 Å². The number of halogens is 1. The number of amides is 1. The van der Waals surface area contributed by atoms with Crippen LogP contribution in [0.5, 0.6) is 5.75 Å². The topological polar surface area (TPSA) is 81.9 Å². The second-order valence-electron chi connectivity index (χ2n) is 9.32. The third kappa shape index (κ3) is 4.84. The van der Waals surface area contributed by atoms with Gasteiger partial charge in [0.1, 0.15) is 17.7 Å². The second-order valence-corrected chi connectivity index (χ2v) is 9.32. The maximum absolute atomic E-state index is 14.4. The number of carbonyl (C=O) groups excluding carboxylic acids is 1. The minimum atomic E-state index is -0.347. The number of hydrogen-bond donors (Lipinski definition) is 1. The lowest BCUT2D eigenvalue weighted by Crippen LogP contribution is -2.34. The Morgan fingerprint density at radius 2 is 1.89 bits per heavy atom. The normalized spacial score (nSPS) is 14.4. The summed E-state index contributed by atoms with van der Waals surface area (Å²) < 4.78 is 22.5. The second kappa shape index (κ2) is 9.53. The summed E-state index contributed by atoms with van der Waals surface area (Å²) in [6.45, 7) is 8.64. The third-order valence-corrected chi connectivity index (χ3v) is 6.34. The van der Waals surface area contributed by atoms with Crippen molar-refractivity contribution in [2.75, 3.05) is 6.54 Å². The number of rotatable bonds is 6. The van der Waals surface area contributed by atoms with E-state index in [4.69, 9.17) is 4.74 Å². The Bertz CT molecular complexity index is 1450. The summed E-state index contributed by atoms with van der Waals surface area (Å²) in [6, 6.07) is 12.5. The van der Waals surface area contributed by atoms with Gasteiger partial charge in [0.25, 0.3) is 5.91 Å². The molecule has 0 unspecified atom stereocenters. The van der Waals surface area contributed by atoms with Crippen LogP contribution in [0.1, 0.15) is 44.3 Å². The molecule has 1 aliphatic heterocycles. The molecule has 5 rings (SSSR count). The number of aryl methyl sites for hydroxylation is 4. The van der Waals surface area contributed by atoms with Gasteiger partial charge in [-0.3, -0.25) is 14.5 Å². The van der Waals surface area contributed by atoms with Crippen LogP contribution in [0.4, 0.5) is 4.39 Å². The number of benzene rings is 2. The number of hydrogen-bond acceptors (Lipinski definition) is 5. The van der Waals surface area contributed by atoms with Gasteiger partial charge in [-0.05, 0) is 63.6 Å². The molecule has 0 saturated heterocycles. The number of carbonyl (C=O) groups is 1. The Morgan fingerprint density at radius 3 is 2.61 bits per heavy atom. The number of nitrogens with one attached hydrogen (secondary N) is 1. The molecule has 4 aromatic rings. The molecule has 3 heterocycles. The lowest BCUT2D eigenvalue weighted by molar-refractivity contribution is 0.0933. The highest BCUT2D eigenvalue weighted by molar-refractivity contribution is 5.94. The van der Waals surface area contributed by atoms with Crippen molar-refractivity contribution >= 4 is 5.91 Å². The Balaban J connectivity index is 1.24. The van der Waals surface area contributed by atoms with Crippen molar-refractivity contribution in [1.82, 2.24) is 25.1 Å². The average Bonchev–Trinajstić information content (AvgIpc) is 3.40. The molecule has 0 bridgehead atoms. The maximum Gasteiger partial charge on any atom is 0.251 e. The standard InChI is InChI=1S/C28H28FN5O2/c1-16-9-18(3)34(33-16)15-20-5-7-21(8-6-20)28(35)31-14-24-11-22-10-23(29)12-25(27(22)36-24)26-19(4)30-13-17(2)32-26/h5-10,12-13,24H,11,14-15H2,1-4H3,(H,31,35)/t24-/m0/s1. The maximum atomic E-state index is 14.4. The molecule has 0 radical (unpaired) electrons. The summed E-state index contributed by atoms with van der Waals surface area (Å²) in [5, 5.41) is 7.43. The quantitative estimate of drug-likeness (QED) is 0.435. The molecule has 1 aliphatic rings. The highest BCUT2D eigenvalue weighted by Gasteiger charge is 2.28. The minimum absolute atomic E-state index is 0.181. The Kier molecular flexibility index (Phi) is 6.26. The molecule has 184 valence electrons. The molecule has 1 amide bonds. The van der Waals surface area contributed by atoms with Gasteiger partial charge >= 0.3 is 0 Å².